The maximum Gasteiger partial charge on any atom is 0.242 e. The number of hydrogen-bond acceptors (Lipinski definition) is 3. The highest BCUT2D eigenvalue weighted by atomic mass is 32.2. The molecule has 1 amide bonds. The average molecular weight is 479 g/mol. The van der Waals surface area contributed by atoms with Gasteiger partial charge in [-0.15, -0.1) is 0 Å². The lowest BCUT2D eigenvalue weighted by Crippen LogP contribution is -2.45. The van der Waals surface area contributed by atoms with Gasteiger partial charge >= 0.3 is 0 Å². The first-order valence-electron chi connectivity index (χ1n) is 11.7. The summed E-state index contributed by atoms with van der Waals surface area (Å²) in [5.74, 6) is -0.392. The second-order valence-electron chi connectivity index (χ2n) is 8.88. The fourth-order valence-electron chi connectivity index (χ4n) is 4.24. The first-order valence-corrected chi connectivity index (χ1v) is 13.2. The van der Waals surface area contributed by atoms with E-state index in [1.54, 1.807) is 13.8 Å². The summed E-state index contributed by atoms with van der Waals surface area (Å²) < 4.78 is 29.5. The summed E-state index contributed by atoms with van der Waals surface area (Å²) in [4.78, 5) is 13.5. The Balaban J connectivity index is 1.86. The van der Waals surface area contributed by atoms with E-state index in [-0.39, 0.29) is 11.3 Å². The number of sulfonamides is 1. The molecule has 0 heterocycles. The molecule has 3 aromatic carbocycles. The number of anilines is 1. The lowest BCUT2D eigenvalue weighted by atomic mass is 10.1. The van der Waals surface area contributed by atoms with Gasteiger partial charge in [-0.2, -0.15) is 4.72 Å². The Bertz CT molecular complexity index is 1200. The molecule has 0 spiro atoms. The van der Waals surface area contributed by atoms with Crippen LogP contribution in [0.5, 0.6) is 0 Å². The van der Waals surface area contributed by atoms with Crippen molar-refractivity contribution in [2.75, 3.05) is 5.32 Å². The molecule has 180 valence electrons. The molecule has 0 aromatic heterocycles. The van der Waals surface area contributed by atoms with Crippen LogP contribution < -0.4 is 10.0 Å². The van der Waals surface area contributed by atoms with Crippen LogP contribution in [0.25, 0.3) is 0 Å². The third kappa shape index (κ3) is 6.78. The van der Waals surface area contributed by atoms with Crippen LogP contribution in [0.2, 0.25) is 0 Å². The predicted octanol–water partition coefficient (Wildman–Crippen LogP) is 5.48. The fourth-order valence-corrected chi connectivity index (χ4v) is 5.89. The normalized spacial score (nSPS) is 12.4. The largest absolute Gasteiger partial charge is 0.325 e. The van der Waals surface area contributed by atoms with Gasteiger partial charge in [0.15, 0.2) is 0 Å². The molecule has 3 aromatic rings. The molecule has 5 nitrogen and oxygen atoms in total. The number of hydrogen-bond donors (Lipinski definition) is 2. The van der Waals surface area contributed by atoms with Crippen LogP contribution >= 0.6 is 0 Å². The molecular weight excluding hydrogens is 444 g/mol. The Morgan fingerprint density at radius 3 is 2.09 bits per heavy atom. The minimum atomic E-state index is -3.92. The van der Waals surface area contributed by atoms with E-state index in [0.717, 1.165) is 30.4 Å². The number of rotatable bonds is 10. The number of aryl methyl sites for hydroxylation is 4. The Hall–Kier alpha value is -2.96. The number of benzene rings is 3. The molecule has 0 saturated heterocycles. The van der Waals surface area contributed by atoms with E-state index in [2.05, 4.69) is 17.0 Å². The van der Waals surface area contributed by atoms with Crippen molar-refractivity contribution in [3.05, 3.63) is 94.5 Å². The van der Waals surface area contributed by atoms with Crippen LogP contribution in [-0.2, 0) is 27.7 Å². The first kappa shape index (κ1) is 25.7. The number of carbonyl (C=O) groups is 1. The standard InChI is InChI=1S/C28H34N2O3S/c1-5-6-10-23-13-15-25(16-14-23)29-28(31)26(19-24-11-8-7-9-12-24)30-34(32,33)27-21(3)17-20(2)18-22(27)4/h7-9,11-18,26,30H,5-6,10,19H2,1-4H3,(H,29,31). The quantitative estimate of drug-likeness (QED) is 0.405. The maximum atomic E-state index is 13.4. The Kier molecular flexibility index (Phi) is 8.64. The smallest absolute Gasteiger partial charge is 0.242 e. The summed E-state index contributed by atoms with van der Waals surface area (Å²) in [6.45, 7) is 7.65. The van der Waals surface area contributed by atoms with E-state index in [0.29, 0.717) is 16.8 Å². The van der Waals surface area contributed by atoms with E-state index < -0.39 is 22.0 Å². The van der Waals surface area contributed by atoms with Gasteiger partial charge in [-0.25, -0.2) is 8.42 Å². The van der Waals surface area contributed by atoms with Crippen molar-refractivity contribution in [2.24, 2.45) is 0 Å². The topological polar surface area (TPSA) is 75.3 Å². The summed E-state index contributed by atoms with van der Waals surface area (Å²) in [5, 5.41) is 2.89. The molecule has 0 aliphatic carbocycles. The molecule has 3 rings (SSSR count). The maximum absolute atomic E-state index is 13.4. The van der Waals surface area contributed by atoms with Crippen LogP contribution in [0.15, 0.2) is 71.6 Å². The van der Waals surface area contributed by atoms with E-state index >= 15 is 0 Å². The van der Waals surface area contributed by atoms with Crippen LogP contribution in [0.1, 0.15) is 47.6 Å². The minimum Gasteiger partial charge on any atom is -0.325 e. The highest BCUT2D eigenvalue weighted by molar-refractivity contribution is 7.89. The molecule has 6 heteroatoms. The Labute approximate surface area is 203 Å². The second-order valence-corrected chi connectivity index (χ2v) is 10.5. The third-order valence-corrected chi connectivity index (χ3v) is 7.59. The van der Waals surface area contributed by atoms with Crippen molar-refractivity contribution in [2.45, 2.75) is 64.3 Å². The van der Waals surface area contributed by atoms with Crippen molar-refractivity contribution in [1.29, 1.82) is 0 Å². The molecule has 0 aliphatic rings. The minimum absolute atomic E-state index is 0.226. The highest BCUT2D eigenvalue weighted by Gasteiger charge is 2.28. The molecule has 34 heavy (non-hydrogen) atoms. The van der Waals surface area contributed by atoms with Crippen LogP contribution in [0.3, 0.4) is 0 Å². The summed E-state index contributed by atoms with van der Waals surface area (Å²) in [6.07, 6.45) is 3.48. The number of unbranched alkanes of at least 4 members (excludes halogenated alkanes) is 1. The fraction of sp³-hybridized carbons (Fsp3) is 0.321. The molecule has 0 saturated carbocycles. The number of nitrogens with one attached hydrogen (secondary N) is 2. The van der Waals surface area contributed by atoms with Gasteiger partial charge < -0.3 is 5.32 Å². The number of carbonyl (C=O) groups excluding carboxylic acids is 1. The van der Waals surface area contributed by atoms with Crippen molar-refractivity contribution >= 4 is 21.6 Å². The zero-order chi connectivity index (χ0) is 24.7. The highest BCUT2D eigenvalue weighted by Crippen LogP contribution is 2.22. The van der Waals surface area contributed by atoms with Gasteiger partial charge in [0.25, 0.3) is 0 Å². The van der Waals surface area contributed by atoms with Gasteiger partial charge in [-0.05, 0) is 74.4 Å². The third-order valence-electron chi connectivity index (χ3n) is 5.81. The van der Waals surface area contributed by atoms with E-state index in [1.807, 2.05) is 73.7 Å². The Morgan fingerprint density at radius 1 is 0.882 bits per heavy atom. The SMILES string of the molecule is CCCCc1ccc(NC(=O)C(Cc2ccccc2)NS(=O)(=O)c2c(C)cc(C)cc2C)cc1. The second kappa shape index (κ2) is 11.4. The summed E-state index contributed by atoms with van der Waals surface area (Å²) >= 11 is 0. The van der Waals surface area contributed by atoms with Crippen molar-refractivity contribution in [3.8, 4) is 0 Å². The number of amides is 1. The van der Waals surface area contributed by atoms with Gasteiger partial charge in [0.05, 0.1) is 4.90 Å². The van der Waals surface area contributed by atoms with E-state index in [1.165, 1.54) is 5.56 Å². The molecule has 1 atom stereocenters. The molecule has 0 radical (unpaired) electrons. The van der Waals surface area contributed by atoms with Crippen molar-refractivity contribution in [3.63, 3.8) is 0 Å². The molecule has 1 unspecified atom stereocenters. The van der Waals surface area contributed by atoms with Crippen molar-refractivity contribution < 1.29 is 13.2 Å². The lowest BCUT2D eigenvalue weighted by Gasteiger charge is -2.21. The van der Waals surface area contributed by atoms with Gasteiger partial charge in [-0.3, -0.25) is 4.79 Å². The molecule has 0 bridgehead atoms. The zero-order valence-corrected chi connectivity index (χ0v) is 21.2. The molecule has 0 aliphatic heterocycles. The summed E-state index contributed by atoms with van der Waals surface area (Å²) in [6, 6.07) is 19.9. The average Bonchev–Trinajstić information content (AvgIpc) is 2.77. The first-order chi connectivity index (χ1) is 16.2. The Morgan fingerprint density at radius 2 is 1.50 bits per heavy atom. The molecular formula is C28H34N2O3S. The predicted molar refractivity (Wildman–Crippen MR) is 139 cm³/mol. The lowest BCUT2D eigenvalue weighted by molar-refractivity contribution is -0.117. The van der Waals surface area contributed by atoms with Crippen LogP contribution in [-0.4, -0.2) is 20.4 Å². The monoisotopic (exact) mass is 478 g/mol. The van der Waals surface area contributed by atoms with Crippen LogP contribution in [0, 0.1) is 20.8 Å². The van der Waals surface area contributed by atoms with Gasteiger partial charge in [0.2, 0.25) is 15.9 Å². The van der Waals surface area contributed by atoms with Crippen LogP contribution in [0.4, 0.5) is 5.69 Å². The molecule has 0 fully saturated rings. The van der Waals surface area contributed by atoms with Gasteiger partial charge in [-0.1, -0.05) is 73.5 Å². The van der Waals surface area contributed by atoms with Gasteiger partial charge in [0.1, 0.15) is 6.04 Å². The summed E-state index contributed by atoms with van der Waals surface area (Å²) in [5.41, 5.74) is 5.04. The van der Waals surface area contributed by atoms with E-state index in [9.17, 15) is 13.2 Å². The van der Waals surface area contributed by atoms with Gasteiger partial charge in [0, 0.05) is 5.69 Å². The summed E-state index contributed by atoms with van der Waals surface area (Å²) in [7, 11) is -3.92. The molecule has 2 N–H and O–H groups in total. The van der Waals surface area contributed by atoms with E-state index in [4.69, 9.17) is 0 Å². The zero-order valence-electron chi connectivity index (χ0n) is 20.4. The van der Waals surface area contributed by atoms with Crippen molar-refractivity contribution in [1.82, 2.24) is 4.72 Å².